The number of allylic oxidation sites excluding steroid dienone is 3. The molecule has 1 aromatic carbocycles. The van der Waals surface area contributed by atoms with Crippen molar-refractivity contribution < 1.29 is 23.4 Å². The average molecular weight is 450 g/mol. The minimum absolute atomic E-state index is 0.0909. The standard InChI is InChI=1S/C25H29N4O4/c1-4-5-8-15-28-24(30)20-9-6-7-10-21(20)29(25(28)31)16-22-26-23(27-33-22)18-11-13-19(14-12-18)32-17(2)3/h6-7,9-14,17,20H,4-5,8,15-16H2,1-3H3/q+1. The minimum Gasteiger partial charge on any atom is -0.491 e. The van der Waals surface area contributed by atoms with Crippen LogP contribution in [0.1, 0.15) is 45.9 Å². The summed E-state index contributed by atoms with van der Waals surface area (Å²) in [5.74, 6) is 0.840. The molecule has 1 aliphatic carbocycles. The molecule has 1 aliphatic heterocycles. The fourth-order valence-corrected chi connectivity index (χ4v) is 3.93. The van der Waals surface area contributed by atoms with Gasteiger partial charge in [-0.3, -0.25) is 0 Å². The lowest BCUT2D eigenvalue weighted by Crippen LogP contribution is -2.54. The van der Waals surface area contributed by atoms with Crippen LogP contribution in [0, 0.1) is 5.92 Å². The molecule has 0 radical (unpaired) electrons. The third kappa shape index (κ3) is 4.94. The molecular weight excluding hydrogens is 420 g/mol. The van der Waals surface area contributed by atoms with E-state index in [0.29, 0.717) is 24.0 Å². The number of aromatic nitrogens is 2. The van der Waals surface area contributed by atoms with Gasteiger partial charge in [-0.1, -0.05) is 36.7 Å². The van der Waals surface area contributed by atoms with Gasteiger partial charge in [0.1, 0.15) is 17.4 Å². The van der Waals surface area contributed by atoms with Gasteiger partial charge in [-0.05, 0) is 57.0 Å². The van der Waals surface area contributed by atoms with E-state index in [1.165, 1.54) is 4.90 Å². The van der Waals surface area contributed by atoms with E-state index in [4.69, 9.17) is 9.26 Å². The van der Waals surface area contributed by atoms with Gasteiger partial charge in [0.25, 0.3) is 5.89 Å². The van der Waals surface area contributed by atoms with Crippen LogP contribution in [-0.2, 0) is 11.3 Å². The van der Waals surface area contributed by atoms with Gasteiger partial charge in [0.05, 0.1) is 12.6 Å². The van der Waals surface area contributed by atoms with Gasteiger partial charge in [-0.15, -0.1) is 0 Å². The number of fused-ring (bicyclic) bond motifs is 1. The molecule has 2 aromatic rings. The second-order valence-corrected chi connectivity index (χ2v) is 8.41. The number of hydrogen-bond donors (Lipinski definition) is 0. The Morgan fingerprint density at radius 3 is 2.67 bits per heavy atom. The fourth-order valence-electron chi connectivity index (χ4n) is 3.93. The van der Waals surface area contributed by atoms with Crippen molar-refractivity contribution in [1.82, 2.24) is 15.0 Å². The number of carbonyl (C=O) groups is 2. The van der Waals surface area contributed by atoms with E-state index in [2.05, 4.69) is 17.1 Å². The topological polar surface area (TPSA) is 88.5 Å². The molecule has 33 heavy (non-hydrogen) atoms. The summed E-state index contributed by atoms with van der Waals surface area (Å²) < 4.78 is 12.7. The lowest BCUT2D eigenvalue weighted by Gasteiger charge is -2.26. The molecule has 1 aromatic heterocycles. The molecule has 2 aliphatic rings. The summed E-state index contributed by atoms with van der Waals surface area (Å²) in [7, 11) is 0. The largest absolute Gasteiger partial charge is 0.501 e. The maximum Gasteiger partial charge on any atom is 0.501 e. The van der Waals surface area contributed by atoms with E-state index in [1.54, 1.807) is 10.7 Å². The van der Waals surface area contributed by atoms with Crippen LogP contribution in [0.5, 0.6) is 5.75 Å². The molecule has 2 heterocycles. The highest BCUT2D eigenvalue weighted by Crippen LogP contribution is 2.23. The van der Waals surface area contributed by atoms with E-state index in [9.17, 15) is 9.59 Å². The van der Waals surface area contributed by atoms with Crippen LogP contribution in [0.15, 0.2) is 53.1 Å². The fraction of sp³-hybridized carbons (Fsp3) is 0.400. The molecule has 0 bridgehead atoms. The molecule has 1 atom stereocenters. The zero-order valence-corrected chi connectivity index (χ0v) is 19.2. The number of urea groups is 1. The smallest absolute Gasteiger partial charge is 0.491 e. The van der Waals surface area contributed by atoms with Crippen LogP contribution in [-0.4, -0.2) is 49.9 Å². The third-order valence-electron chi connectivity index (χ3n) is 5.54. The minimum atomic E-state index is -0.481. The molecule has 3 amide bonds. The molecular formula is C25H29N4O4+. The van der Waals surface area contributed by atoms with Crippen molar-refractivity contribution in [3.8, 4) is 17.1 Å². The first-order valence-corrected chi connectivity index (χ1v) is 11.4. The van der Waals surface area contributed by atoms with Crippen molar-refractivity contribution in [2.75, 3.05) is 6.54 Å². The Labute approximate surface area is 193 Å². The number of benzene rings is 1. The Hall–Kier alpha value is -3.55. The molecule has 8 heteroatoms. The zero-order valence-electron chi connectivity index (χ0n) is 19.2. The molecule has 0 saturated carbocycles. The molecule has 1 unspecified atom stereocenters. The summed E-state index contributed by atoms with van der Waals surface area (Å²) in [5.41, 5.74) is 1.42. The van der Waals surface area contributed by atoms with E-state index < -0.39 is 5.92 Å². The number of hydrogen-bond acceptors (Lipinski definition) is 6. The van der Waals surface area contributed by atoms with Crippen molar-refractivity contribution in [2.24, 2.45) is 5.92 Å². The maximum absolute atomic E-state index is 13.2. The van der Waals surface area contributed by atoms with E-state index >= 15 is 0 Å². The monoisotopic (exact) mass is 449 g/mol. The highest BCUT2D eigenvalue weighted by Gasteiger charge is 2.46. The van der Waals surface area contributed by atoms with Gasteiger partial charge in [0.2, 0.25) is 5.82 Å². The Balaban J connectivity index is 1.56. The Kier molecular flexibility index (Phi) is 6.82. The average Bonchev–Trinajstić information content (AvgIpc) is 3.28. The third-order valence-corrected chi connectivity index (χ3v) is 5.54. The number of carbonyl (C=O) groups excluding carboxylic acids is 2. The maximum atomic E-state index is 13.2. The van der Waals surface area contributed by atoms with Crippen molar-refractivity contribution in [1.29, 1.82) is 0 Å². The second kappa shape index (κ2) is 9.94. The van der Waals surface area contributed by atoms with Crippen LogP contribution < -0.4 is 4.74 Å². The predicted octanol–water partition coefficient (Wildman–Crippen LogP) is 4.37. The molecule has 0 N–H and O–H groups in total. The second-order valence-electron chi connectivity index (χ2n) is 8.41. The van der Waals surface area contributed by atoms with Crippen LogP contribution in [0.4, 0.5) is 4.79 Å². The van der Waals surface area contributed by atoms with E-state index in [1.807, 2.05) is 56.3 Å². The molecule has 0 fully saturated rings. The normalized spacial score (nSPS) is 17.8. The van der Waals surface area contributed by atoms with E-state index in [0.717, 1.165) is 30.6 Å². The number of nitrogens with zero attached hydrogens (tertiary/aromatic N) is 4. The van der Waals surface area contributed by atoms with Crippen LogP contribution >= 0.6 is 0 Å². The Morgan fingerprint density at radius 2 is 1.94 bits per heavy atom. The SMILES string of the molecule is CCCCCN1C(=O)C2C=CC=CC2=[N+](Cc2nc(-c3ccc(OC(C)C)cc3)no2)C1=O. The lowest BCUT2D eigenvalue weighted by molar-refractivity contribution is -0.460. The first-order valence-electron chi connectivity index (χ1n) is 11.4. The molecule has 4 rings (SSSR count). The van der Waals surface area contributed by atoms with Gasteiger partial charge in [-0.25, -0.2) is 4.79 Å². The lowest BCUT2D eigenvalue weighted by atomic mass is 9.94. The van der Waals surface area contributed by atoms with Gasteiger partial charge < -0.3 is 9.26 Å². The van der Waals surface area contributed by atoms with Crippen molar-refractivity contribution in [3.05, 3.63) is 54.5 Å². The predicted molar refractivity (Wildman–Crippen MR) is 123 cm³/mol. The van der Waals surface area contributed by atoms with Gasteiger partial charge in [0, 0.05) is 5.56 Å². The van der Waals surface area contributed by atoms with Crippen molar-refractivity contribution in [2.45, 2.75) is 52.7 Å². The first kappa shape index (κ1) is 22.6. The molecule has 172 valence electrons. The van der Waals surface area contributed by atoms with Crippen LogP contribution in [0.2, 0.25) is 0 Å². The number of imide groups is 1. The van der Waals surface area contributed by atoms with Crippen LogP contribution in [0.25, 0.3) is 11.4 Å². The Morgan fingerprint density at radius 1 is 1.15 bits per heavy atom. The number of unbranched alkanes of at least 4 members (excludes halogenated alkanes) is 2. The number of rotatable bonds is 9. The summed E-state index contributed by atoms with van der Waals surface area (Å²) in [6.45, 7) is 6.54. The van der Waals surface area contributed by atoms with Crippen molar-refractivity contribution in [3.63, 3.8) is 0 Å². The highest BCUT2D eigenvalue weighted by molar-refractivity contribution is 6.16. The van der Waals surface area contributed by atoms with Crippen molar-refractivity contribution >= 4 is 17.6 Å². The highest BCUT2D eigenvalue weighted by atomic mass is 16.5. The summed E-state index contributed by atoms with van der Waals surface area (Å²) in [5, 5.41) is 4.08. The summed E-state index contributed by atoms with van der Waals surface area (Å²) in [6, 6.07) is 7.10. The van der Waals surface area contributed by atoms with Gasteiger partial charge in [0.15, 0.2) is 6.54 Å². The molecule has 0 saturated heterocycles. The number of amides is 3. The zero-order chi connectivity index (χ0) is 23.4. The molecule has 0 spiro atoms. The quantitative estimate of drug-likeness (QED) is 0.417. The first-order chi connectivity index (χ1) is 16.0. The molecule has 8 nitrogen and oxygen atoms in total. The van der Waals surface area contributed by atoms with E-state index in [-0.39, 0.29) is 24.6 Å². The van der Waals surface area contributed by atoms with Gasteiger partial charge >= 0.3 is 11.9 Å². The summed E-state index contributed by atoms with van der Waals surface area (Å²) in [4.78, 5) is 32.0. The van der Waals surface area contributed by atoms with Gasteiger partial charge in [-0.2, -0.15) is 19.3 Å². The van der Waals surface area contributed by atoms with Crippen LogP contribution in [0.3, 0.4) is 0 Å². The number of ether oxygens (including phenoxy) is 1. The Bertz CT molecular complexity index is 1110. The summed E-state index contributed by atoms with van der Waals surface area (Å²) in [6.07, 6.45) is 10.1. The summed E-state index contributed by atoms with van der Waals surface area (Å²) >= 11 is 0.